The number of likely N-dealkylation sites (N-methyl/N-ethyl adjacent to an activating group) is 1. The molecule has 0 aromatic carbocycles. The minimum Gasteiger partial charge on any atom is -0.391 e. The van der Waals surface area contributed by atoms with Gasteiger partial charge < -0.3 is 15.3 Å². The molecule has 0 saturated heterocycles. The maximum atomic E-state index is 11.8. The molecule has 1 fully saturated rings. The van der Waals surface area contributed by atoms with E-state index in [0.29, 0.717) is 18.4 Å². The van der Waals surface area contributed by atoms with Crippen molar-refractivity contribution >= 4 is 6.03 Å². The fourth-order valence-electron chi connectivity index (χ4n) is 2.08. The molecule has 2 amide bonds. The molecular weight excluding hydrogens is 216 g/mol. The predicted octanol–water partition coefficient (Wildman–Crippen LogP) is 1.83. The Balaban J connectivity index is 2.25. The van der Waals surface area contributed by atoms with Gasteiger partial charge in [0.25, 0.3) is 0 Å². The second-order valence-corrected chi connectivity index (χ2v) is 5.77. The van der Waals surface area contributed by atoms with Crippen LogP contribution in [0.25, 0.3) is 0 Å². The van der Waals surface area contributed by atoms with Gasteiger partial charge in [0.2, 0.25) is 0 Å². The number of urea groups is 1. The highest BCUT2D eigenvalue weighted by Crippen LogP contribution is 2.32. The molecule has 0 aromatic heterocycles. The highest BCUT2D eigenvalue weighted by Gasteiger charge is 2.31. The summed E-state index contributed by atoms with van der Waals surface area (Å²) in [6, 6.07) is 0.0980. The summed E-state index contributed by atoms with van der Waals surface area (Å²) in [6.45, 7) is 6.74. The monoisotopic (exact) mass is 242 g/mol. The summed E-state index contributed by atoms with van der Waals surface area (Å²) in [4.78, 5) is 13.4. The molecule has 1 aliphatic rings. The van der Waals surface area contributed by atoms with Gasteiger partial charge in [-0.1, -0.05) is 13.8 Å². The third-order valence-electron chi connectivity index (χ3n) is 3.17. The van der Waals surface area contributed by atoms with Crippen molar-refractivity contribution in [2.45, 2.75) is 52.2 Å². The van der Waals surface area contributed by atoms with E-state index < -0.39 is 0 Å². The summed E-state index contributed by atoms with van der Waals surface area (Å²) in [5.41, 5.74) is 0. The number of nitrogens with one attached hydrogen (secondary N) is 1. The molecule has 0 aromatic rings. The molecule has 2 atom stereocenters. The van der Waals surface area contributed by atoms with Gasteiger partial charge in [-0.15, -0.1) is 0 Å². The first kappa shape index (κ1) is 14.3. The van der Waals surface area contributed by atoms with E-state index in [9.17, 15) is 9.90 Å². The first-order valence-electron chi connectivity index (χ1n) is 6.59. The smallest absolute Gasteiger partial charge is 0.317 e. The number of hydrogen-bond donors (Lipinski definition) is 2. The maximum absolute atomic E-state index is 11.8. The van der Waals surface area contributed by atoms with Gasteiger partial charge in [0, 0.05) is 19.6 Å². The summed E-state index contributed by atoms with van der Waals surface area (Å²) in [6.07, 6.45) is 2.82. The van der Waals surface area contributed by atoms with Gasteiger partial charge in [0.15, 0.2) is 0 Å². The number of rotatable bonds is 6. The van der Waals surface area contributed by atoms with Crippen molar-refractivity contribution < 1.29 is 9.90 Å². The van der Waals surface area contributed by atoms with E-state index in [2.05, 4.69) is 19.2 Å². The second-order valence-electron chi connectivity index (χ2n) is 5.77. The third kappa shape index (κ3) is 5.39. The Bertz CT molecular complexity index is 252. The molecule has 0 bridgehead atoms. The minimum atomic E-state index is -0.355. The van der Waals surface area contributed by atoms with Crippen LogP contribution in [0.15, 0.2) is 0 Å². The molecule has 100 valence electrons. The Morgan fingerprint density at radius 3 is 2.47 bits per heavy atom. The van der Waals surface area contributed by atoms with Gasteiger partial charge in [-0.3, -0.25) is 0 Å². The third-order valence-corrected chi connectivity index (χ3v) is 3.17. The average Bonchev–Trinajstić information content (AvgIpc) is 2.98. The molecule has 4 nitrogen and oxygen atoms in total. The molecule has 17 heavy (non-hydrogen) atoms. The zero-order chi connectivity index (χ0) is 13.0. The van der Waals surface area contributed by atoms with E-state index in [1.54, 1.807) is 11.9 Å². The quantitative estimate of drug-likeness (QED) is 0.746. The Morgan fingerprint density at radius 2 is 2.00 bits per heavy atom. The van der Waals surface area contributed by atoms with Crippen LogP contribution < -0.4 is 5.32 Å². The maximum Gasteiger partial charge on any atom is 0.317 e. The average molecular weight is 242 g/mol. The zero-order valence-electron chi connectivity index (χ0n) is 11.4. The summed E-state index contributed by atoms with van der Waals surface area (Å²) < 4.78 is 0. The molecule has 0 radical (unpaired) electrons. The van der Waals surface area contributed by atoms with Crippen LogP contribution in [0.3, 0.4) is 0 Å². The zero-order valence-corrected chi connectivity index (χ0v) is 11.4. The van der Waals surface area contributed by atoms with Crippen LogP contribution >= 0.6 is 0 Å². The van der Waals surface area contributed by atoms with E-state index in [1.165, 1.54) is 0 Å². The lowest BCUT2D eigenvalue weighted by Crippen LogP contribution is -2.45. The Hall–Kier alpha value is -0.770. The van der Waals surface area contributed by atoms with Crippen LogP contribution in [0.4, 0.5) is 4.79 Å². The highest BCUT2D eigenvalue weighted by molar-refractivity contribution is 5.74. The number of carbonyl (C=O) groups excluding carboxylic acids is 1. The van der Waals surface area contributed by atoms with Gasteiger partial charge in [0.1, 0.15) is 0 Å². The van der Waals surface area contributed by atoms with Crippen molar-refractivity contribution in [1.29, 1.82) is 0 Å². The molecular formula is C13H26N2O2. The molecule has 1 saturated carbocycles. The molecule has 2 unspecified atom stereocenters. The fourth-order valence-corrected chi connectivity index (χ4v) is 2.08. The van der Waals surface area contributed by atoms with Gasteiger partial charge in [-0.2, -0.15) is 0 Å². The van der Waals surface area contributed by atoms with Crippen LogP contribution in [0.5, 0.6) is 0 Å². The molecule has 4 heteroatoms. The summed E-state index contributed by atoms with van der Waals surface area (Å²) in [5, 5.41) is 12.7. The van der Waals surface area contributed by atoms with E-state index in [0.717, 1.165) is 19.3 Å². The molecule has 2 N–H and O–H groups in total. The number of amides is 2. The summed E-state index contributed by atoms with van der Waals surface area (Å²) in [5.74, 6) is 0.992. The van der Waals surface area contributed by atoms with Crippen LogP contribution in [0.1, 0.15) is 40.0 Å². The molecule has 1 rings (SSSR count). The second kappa shape index (κ2) is 6.24. The lowest BCUT2D eigenvalue weighted by Gasteiger charge is -2.24. The van der Waals surface area contributed by atoms with Crippen molar-refractivity contribution in [2.75, 3.05) is 13.6 Å². The normalized spacial score (nSPS) is 18.9. The van der Waals surface area contributed by atoms with Gasteiger partial charge in [-0.25, -0.2) is 4.79 Å². The topological polar surface area (TPSA) is 52.6 Å². The molecule has 0 heterocycles. The van der Waals surface area contributed by atoms with Gasteiger partial charge in [-0.05, 0) is 38.0 Å². The number of nitrogens with zero attached hydrogens (tertiary/aromatic N) is 1. The predicted molar refractivity (Wildman–Crippen MR) is 68.8 cm³/mol. The lowest BCUT2D eigenvalue weighted by molar-refractivity contribution is 0.112. The van der Waals surface area contributed by atoms with E-state index in [-0.39, 0.29) is 18.2 Å². The van der Waals surface area contributed by atoms with E-state index in [4.69, 9.17) is 0 Å². The SMILES string of the molecule is CC(C)CC(C)NC(=O)N(C)CC(O)C1CC1. The summed E-state index contributed by atoms with van der Waals surface area (Å²) in [7, 11) is 1.74. The van der Waals surface area contributed by atoms with Crippen LogP contribution in [-0.4, -0.2) is 41.8 Å². The lowest BCUT2D eigenvalue weighted by atomic mass is 10.1. The molecule has 0 spiro atoms. The summed E-state index contributed by atoms with van der Waals surface area (Å²) >= 11 is 0. The Morgan fingerprint density at radius 1 is 1.41 bits per heavy atom. The van der Waals surface area contributed by atoms with Crippen molar-refractivity contribution in [3.8, 4) is 0 Å². The van der Waals surface area contributed by atoms with Crippen molar-refractivity contribution in [3.63, 3.8) is 0 Å². The number of aliphatic hydroxyl groups is 1. The number of aliphatic hydroxyl groups excluding tert-OH is 1. The number of hydrogen-bond acceptors (Lipinski definition) is 2. The molecule has 1 aliphatic carbocycles. The first-order chi connectivity index (χ1) is 7.90. The van der Waals surface area contributed by atoms with Crippen LogP contribution in [0.2, 0.25) is 0 Å². The van der Waals surface area contributed by atoms with Gasteiger partial charge >= 0.3 is 6.03 Å². The van der Waals surface area contributed by atoms with Gasteiger partial charge in [0.05, 0.1) is 6.10 Å². The fraction of sp³-hybridized carbons (Fsp3) is 0.923. The number of carbonyl (C=O) groups is 1. The van der Waals surface area contributed by atoms with E-state index >= 15 is 0 Å². The minimum absolute atomic E-state index is 0.0853. The van der Waals surface area contributed by atoms with Crippen molar-refractivity contribution in [3.05, 3.63) is 0 Å². The van der Waals surface area contributed by atoms with E-state index in [1.807, 2.05) is 6.92 Å². The van der Waals surface area contributed by atoms with Crippen LogP contribution in [0, 0.1) is 11.8 Å². The standard InChI is InChI=1S/C13H26N2O2/c1-9(2)7-10(3)14-13(17)15(4)8-12(16)11-5-6-11/h9-12,16H,5-8H2,1-4H3,(H,14,17). The molecule has 0 aliphatic heterocycles. The largest absolute Gasteiger partial charge is 0.391 e. The first-order valence-corrected chi connectivity index (χ1v) is 6.59. The van der Waals surface area contributed by atoms with Crippen LogP contribution in [-0.2, 0) is 0 Å². The van der Waals surface area contributed by atoms with Crippen molar-refractivity contribution in [1.82, 2.24) is 10.2 Å². The van der Waals surface area contributed by atoms with Crippen molar-refractivity contribution in [2.24, 2.45) is 11.8 Å². The Kier molecular flexibility index (Phi) is 5.25. The highest BCUT2D eigenvalue weighted by atomic mass is 16.3. The Labute approximate surface area is 104 Å².